The van der Waals surface area contributed by atoms with E-state index < -0.39 is 17.7 Å². The van der Waals surface area contributed by atoms with E-state index in [1.54, 1.807) is 0 Å². The second-order valence-electron chi connectivity index (χ2n) is 3.47. The first-order valence-electron chi connectivity index (χ1n) is 4.82. The first kappa shape index (κ1) is 12.1. The lowest BCUT2D eigenvalue weighted by Crippen LogP contribution is -2.05. The molecule has 0 radical (unpaired) electrons. The summed E-state index contributed by atoms with van der Waals surface area (Å²) in [6, 6.07) is 5.45. The number of aromatic nitrogens is 1. The lowest BCUT2D eigenvalue weighted by atomic mass is 10.0. The Kier molecular flexibility index (Phi) is 3.49. The summed E-state index contributed by atoms with van der Waals surface area (Å²) in [5, 5.41) is 9.95. The molecule has 1 unspecified atom stereocenters. The van der Waals surface area contributed by atoms with Gasteiger partial charge in [-0.15, -0.1) is 0 Å². The average Bonchev–Trinajstić information content (AvgIpc) is 2.32. The van der Waals surface area contributed by atoms with Crippen molar-refractivity contribution >= 4 is 15.9 Å². The zero-order chi connectivity index (χ0) is 12.4. The van der Waals surface area contributed by atoms with Gasteiger partial charge in [0.2, 0.25) is 0 Å². The van der Waals surface area contributed by atoms with Gasteiger partial charge in [-0.3, -0.25) is 4.98 Å². The normalized spacial score (nSPS) is 12.5. The molecule has 17 heavy (non-hydrogen) atoms. The van der Waals surface area contributed by atoms with Crippen LogP contribution in [0.1, 0.15) is 17.2 Å². The largest absolute Gasteiger partial charge is 0.383 e. The van der Waals surface area contributed by atoms with E-state index >= 15 is 0 Å². The van der Waals surface area contributed by atoms with Crippen LogP contribution >= 0.6 is 15.9 Å². The second-order valence-corrected chi connectivity index (χ2v) is 4.38. The molecular weight excluding hydrogens is 292 g/mol. The number of pyridine rings is 1. The van der Waals surface area contributed by atoms with Crippen LogP contribution in [0.4, 0.5) is 8.78 Å². The summed E-state index contributed by atoms with van der Waals surface area (Å²) in [5.74, 6) is -1.25. The summed E-state index contributed by atoms with van der Waals surface area (Å²) in [4.78, 5) is 3.57. The van der Waals surface area contributed by atoms with Gasteiger partial charge in [-0.1, -0.05) is 15.9 Å². The summed E-state index contributed by atoms with van der Waals surface area (Å²) < 4.78 is 27.5. The van der Waals surface area contributed by atoms with Crippen molar-refractivity contribution in [2.45, 2.75) is 6.10 Å². The molecule has 2 rings (SSSR count). The van der Waals surface area contributed by atoms with Gasteiger partial charge in [-0.25, -0.2) is 8.78 Å². The molecule has 2 nitrogen and oxygen atoms in total. The Morgan fingerprint density at radius 3 is 2.59 bits per heavy atom. The van der Waals surface area contributed by atoms with Crippen molar-refractivity contribution in [3.05, 3.63) is 63.9 Å². The zero-order valence-electron chi connectivity index (χ0n) is 8.57. The minimum absolute atomic E-state index is 0.00278. The van der Waals surface area contributed by atoms with E-state index in [-0.39, 0.29) is 11.1 Å². The number of halogens is 3. The van der Waals surface area contributed by atoms with Crippen LogP contribution in [0.15, 0.2) is 41.1 Å². The van der Waals surface area contributed by atoms with Gasteiger partial charge < -0.3 is 5.11 Å². The highest BCUT2D eigenvalue weighted by Gasteiger charge is 2.18. The molecule has 2 aromatic rings. The minimum atomic E-state index is -1.35. The topological polar surface area (TPSA) is 33.1 Å². The molecule has 1 aromatic heterocycles. The van der Waals surface area contributed by atoms with Crippen molar-refractivity contribution in [1.82, 2.24) is 4.98 Å². The highest BCUT2D eigenvalue weighted by molar-refractivity contribution is 9.10. The number of aliphatic hydroxyl groups is 1. The van der Waals surface area contributed by atoms with E-state index in [0.717, 1.165) is 6.20 Å². The standard InChI is InChI=1S/C12H8BrF2NO/c13-7-1-2-10(14)9(5-7)12(17)8-3-4-16-6-11(8)15/h1-6,12,17H. The summed E-state index contributed by atoms with van der Waals surface area (Å²) in [6.45, 7) is 0. The number of hydrogen-bond donors (Lipinski definition) is 1. The number of aliphatic hydroxyl groups excluding tert-OH is 1. The van der Waals surface area contributed by atoms with E-state index in [9.17, 15) is 13.9 Å². The van der Waals surface area contributed by atoms with Crippen molar-refractivity contribution in [3.63, 3.8) is 0 Å². The number of hydrogen-bond acceptors (Lipinski definition) is 2. The third-order valence-electron chi connectivity index (χ3n) is 2.35. The Hall–Kier alpha value is -1.33. The SMILES string of the molecule is OC(c1ccncc1F)c1cc(Br)ccc1F. The molecule has 0 aliphatic carbocycles. The second kappa shape index (κ2) is 4.89. The molecule has 5 heteroatoms. The molecule has 0 saturated heterocycles. The van der Waals surface area contributed by atoms with Crippen LogP contribution in [-0.2, 0) is 0 Å². The number of nitrogens with zero attached hydrogens (tertiary/aromatic N) is 1. The van der Waals surface area contributed by atoms with Gasteiger partial charge in [0, 0.05) is 21.8 Å². The predicted octanol–water partition coefficient (Wildman–Crippen LogP) is 3.20. The summed E-state index contributed by atoms with van der Waals surface area (Å²) in [6.07, 6.45) is 0.974. The highest BCUT2D eigenvalue weighted by atomic mass is 79.9. The first-order valence-corrected chi connectivity index (χ1v) is 5.61. The van der Waals surface area contributed by atoms with E-state index in [4.69, 9.17) is 0 Å². The molecule has 0 bridgehead atoms. The molecule has 1 atom stereocenters. The quantitative estimate of drug-likeness (QED) is 0.924. The lowest BCUT2D eigenvalue weighted by Gasteiger charge is -2.13. The van der Waals surface area contributed by atoms with E-state index in [0.29, 0.717) is 4.47 Å². The minimum Gasteiger partial charge on any atom is -0.383 e. The van der Waals surface area contributed by atoms with E-state index in [1.165, 1.54) is 30.5 Å². The van der Waals surface area contributed by atoms with Crippen LogP contribution < -0.4 is 0 Å². The van der Waals surface area contributed by atoms with Crippen LogP contribution in [0.25, 0.3) is 0 Å². The molecule has 1 heterocycles. The number of benzene rings is 1. The Morgan fingerprint density at radius 2 is 1.88 bits per heavy atom. The van der Waals surface area contributed by atoms with Gasteiger partial charge in [-0.2, -0.15) is 0 Å². The van der Waals surface area contributed by atoms with Crippen LogP contribution in [0.3, 0.4) is 0 Å². The smallest absolute Gasteiger partial charge is 0.147 e. The van der Waals surface area contributed by atoms with Gasteiger partial charge in [-0.05, 0) is 24.3 Å². The molecule has 0 aliphatic heterocycles. The molecule has 1 aromatic carbocycles. The van der Waals surface area contributed by atoms with Crippen molar-refractivity contribution in [2.24, 2.45) is 0 Å². The molecular formula is C12H8BrF2NO. The molecule has 88 valence electrons. The van der Waals surface area contributed by atoms with Crippen molar-refractivity contribution in [3.8, 4) is 0 Å². The van der Waals surface area contributed by atoms with E-state index in [2.05, 4.69) is 20.9 Å². The summed E-state index contributed by atoms with van der Waals surface area (Å²) in [5.41, 5.74) is 0.0153. The first-order chi connectivity index (χ1) is 8.09. The maximum atomic E-state index is 13.5. The fraction of sp³-hybridized carbons (Fsp3) is 0.0833. The third-order valence-corrected chi connectivity index (χ3v) is 2.84. The average molecular weight is 300 g/mol. The maximum Gasteiger partial charge on any atom is 0.147 e. The Morgan fingerprint density at radius 1 is 1.12 bits per heavy atom. The van der Waals surface area contributed by atoms with Crippen LogP contribution in [0, 0.1) is 11.6 Å². The van der Waals surface area contributed by atoms with Gasteiger partial charge >= 0.3 is 0 Å². The lowest BCUT2D eigenvalue weighted by molar-refractivity contribution is 0.209. The third kappa shape index (κ3) is 2.50. The van der Waals surface area contributed by atoms with Crippen molar-refractivity contribution in [2.75, 3.05) is 0 Å². The predicted molar refractivity (Wildman–Crippen MR) is 62.4 cm³/mol. The zero-order valence-corrected chi connectivity index (χ0v) is 10.2. The van der Waals surface area contributed by atoms with E-state index in [1.807, 2.05) is 0 Å². The Balaban J connectivity index is 2.47. The van der Waals surface area contributed by atoms with Gasteiger partial charge in [0.05, 0.1) is 6.20 Å². The molecule has 0 spiro atoms. The summed E-state index contributed by atoms with van der Waals surface area (Å²) in [7, 11) is 0. The fourth-order valence-electron chi connectivity index (χ4n) is 1.50. The highest BCUT2D eigenvalue weighted by Crippen LogP contribution is 2.27. The summed E-state index contributed by atoms with van der Waals surface area (Å²) >= 11 is 3.17. The Bertz CT molecular complexity index is 548. The maximum absolute atomic E-state index is 13.5. The van der Waals surface area contributed by atoms with Gasteiger partial charge in [0.25, 0.3) is 0 Å². The Labute approximate surface area is 105 Å². The fourth-order valence-corrected chi connectivity index (χ4v) is 1.88. The molecule has 0 aliphatic rings. The molecule has 0 saturated carbocycles. The molecule has 0 fully saturated rings. The van der Waals surface area contributed by atoms with Crippen LogP contribution in [0.2, 0.25) is 0 Å². The number of rotatable bonds is 2. The van der Waals surface area contributed by atoms with Crippen LogP contribution in [-0.4, -0.2) is 10.1 Å². The van der Waals surface area contributed by atoms with Gasteiger partial charge in [0.1, 0.15) is 17.7 Å². The van der Waals surface area contributed by atoms with Crippen molar-refractivity contribution in [1.29, 1.82) is 0 Å². The monoisotopic (exact) mass is 299 g/mol. The van der Waals surface area contributed by atoms with Crippen molar-refractivity contribution < 1.29 is 13.9 Å². The molecule has 1 N–H and O–H groups in total. The van der Waals surface area contributed by atoms with Gasteiger partial charge in [0.15, 0.2) is 0 Å². The van der Waals surface area contributed by atoms with Crippen LogP contribution in [0.5, 0.6) is 0 Å². The molecule has 0 amide bonds.